The molecule has 1 heterocycles. The van der Waals surface area contributed by atoms with E-state index in [4.69, 9.17) is 11.6 Å². The van der Waals surface area contributed by atoms with Gasteiger partial charge < -0.3 is 5.32 Å². The molecule has 82 valence electrons. The molecular weight excluding hydrogens is 295 g/mol. The molecule has 0 saturated heterocycles. The summed E-state index contributed by atoms with van der Waals surface area (Å²) in [6.07, 6.45) is 1.34. The molecule has 0 bridgehead atoms. The van der Waals surface area contributed by atoms with Crippen LogP contribution in [0, 0.1) is 0 Å². The number of nitrogens with one attached hydrogen (secondary N) is 2. The van der Waals surface area contributed by atoms with Gasteiger partial charge in [-0.1, -0.05) is 27.5 Å². The molecule has 1 aromatic heterocycles. The highest BCUT2D eigenvalue weighted by molar-refractivity contribution is 9.10. The highest BCUT2D eigenvalue weighted by Crippen LogP contribution is 2.25. The summed E-state index contributed by atoms with van der Waals surface area (Å²) in [5.41, 5.74) is 0.733. The van der Waals surface area contributed by atoms with E-state index in [1.165, 1.54) is 6.20 Å². The number of aromatic amines is 1. The normalized spacial score (nSPS) is 10.1. The van der Waals surface area contributed by atoms with Crippen LogP contribution in [0.15, 0.2) is 28.9 Å². The molecule has 0 aliphatic rings. The topological polar surface area (TPSA) is 70.7 Å². The van der Waals surface area contributed by atoms with E-state index in [9.17, 15) is 4.79 Å². The number of benzene rings is 1. The van der Waals surface area contributed by atoms with Gasteiger partial charge in [0.25, 0.3) is 5.91 Å². The average molecular weight is 302 g/mol. The van der Waals surface area contributed by atoms with Crippen LogP contribution in [0.1, 0.15) is 10.5 Å². The number of halogens is 2. The van der Waals surface area contributed by atoms with Gasteiger partial charge in [-0.2, -0.15) is 15.4 Å². The summed E-state index contributed by atoms with van der Waals surface area (Å²) in [6, 6.07) is 5.18. The molecule has 0 saturated carbocycles. The predicted molar refractivity (Wildman–Crippen MR) is 63.5 cm³/mol. The fourth-order valence-electron chi connectivity index (χ4n) is 1.09. The van der Waals surface area contributed by atoms with Crippen molar-refractivity contribution < 1.29 is 4.79 Å². The summed E-state index contributed by atoms with van der Waals surface area (Å²) < 4.78 is 0.844. The lowest BCUT2D eigenvalue weighted by Gasteiger charge is -2.05. The van der Waals surface area contributed by atoms with Crippen LogP contribution in [-0.4, -0.2) is 21.3 Å². The van der Waals surface area contributed by atoms with Gasteiger partial charge in [0.15, 0.2) is 5.69 Å². The Balaban J connectivity index is 2.18. The number of nitrogens with zero attached hydrogens (tertiary/aromatic N) is 2. The Morgan fingerprint density at radius 1 is 1.50 bits per heavy atom. The first-order valence-corrected chi connectivity index (χ1v) is 5.46. The van der Waals surface area contributed by atoms with Crippen LogP contribution in [0.2, 0.25) is 5.02 Å². The molecule has 0 radical (unpaired) electrons. The first-order chi connectivity index (χ1) is 7.66. The third-order valence-corrected chi connectivity index (χ3v) is 2.63. The lowest BCUT2D eigenvalue weighted by Crippen LogP contribution is -2.12. The Bertz CT molecular complexity index is 514. The minimum absolute atomic E-state index is 0.207. The SMILES string of the molecule is O=C(Nc1ccc(Br)cc1Cl)c1cn[nH]n1. The number of H-pyrrole nitrogens is 1. The second kappa shape index (κ2) is 4.63. The third-order valence-electron chi connectivity index (χ3n) is 1.83. The Morgan fingerprint density at radius 3 is 2.94 bits per heavy atom. The maximum atomic E-state index is 11.6. The zero-order valence-electron chi connectivity index (χ0n) is 7.87. The van der Waals surface area contributed by atoms with E-state index < -0.39 is 0 Å². The van der Waals surface area contributed by atoms with Crippen molar-refractivity contribution in [3.05, 3.63) is 39.6 Å². The predicted octanol–water partition coefficient (Wildman–Crippen LogP) is 2.47. The van der Waals surface area contributed by atoms with E-state index in [0.29, 0.717) is 10.7 Å². The Morgan fingerprint density at radius 2 is 2.31 bits per heavy atom. The van der Waals surface area contributed by atoms with Crippen LogP contribution in [0.5, 0.6) is 0 Å². The third kappa shape index (κ3) is 2.40. The summed E-state index contributed by atoms with van der Waals surface area (Å²) >= 11 is 9.22. The standard InChI is InChI=1S/C9H6BrClN4O/c10-5-1-2-7(6(11)3-5)13-9(16)8-4-12-15-14-8/h1-4H,(H,13,16)(H,12,14,15). The van der Waals surface area contributed by atoms with Crippen LogP contribution < -0.4 is 5.32 Å². The average Bonchev–Trinajstić information content (AvgIpc) is 2.75. The van der Waals surface area contributed by atoms with Crippen molar-refractivity contribution >= 4 is 39.1 Å². The zero-order chi connectivity index (χ0) is 11.5. The monoisotopic (exact) mass is 300 g/mol. The largest absolute Gasteiger partial charge is 0.319 e. The molecule has 5 nitrogen and oxygen atoms in total. The molecule has 0 spiro atoms. The molecule has 16 heavy (non-hydrogen) atoms. The quantitative estimate of drug-likeness (QED) is 0.895. The number of aromatic nitrogens is 3. The van der Waals surface area contributed by atoms with Crippen LogP contribution in [0.25, 0.3) is 0 Å². The van der Waals surface area contributed by atoms with Crippen molar-refractivity contribution in [2.24, 2.45) is 0 Å². The van der Waals surface area contributed by atoms with Gasteiger partial charge in [-0.15, -0.1) is 0 Å². The van der Waals surface area contributed by atoms with Crippen molar-refractivity contribution in [2.45, 2.75) is 0 Å². The molecule has 0 aliphatic carbocycles. The van der Waals surface area contributed by atoms with Gasteiger partial charge in [-0.3, -0.25) is 4.79 Å². The van der Waals surface area contributed by atoms with E-state index in [-0.39, 0.29) is 11.6 Å². The van der Waals surface area contributed by atoms with Gasteiger partial charge in [0, 0.05) is 4.47 Å². The van der Waals surface area contributed by atoms with E-state index in [2.05, 4.69) is 36.7 Å². The lowest BCUT2D eigenvalue weighted by molar-refractivity contribution is 0.102. The van der Waals surface area contributed by atoms with E-state index in [0.717, 1.165) is 4.47 Å². The number of hydrogen-bond acceptors (Lipinski definition) is 3. The van der Waals surface area contributed by atoms with Crippen molar-refractivity contribution in [2.75, 3.05) is 5.32 Å². The van der Waals surface area contributed by atoms with Gasteiger partial charge >= 0.3 is 0 Å². The van der Waals surface area contributed by atoms with Gasteiger partial charge in [0.1, 0.15) is 0 Å². The number of amides is 1. The molecule has 1 aromatic carbocycles. The molecule has 2 N–H and O–H groups in total. The number of carbonyl (C=O) groups is 1. The highest BCUT2D eigenvalue weighted by Gasteiger charge is 2.10. The maximum Gasteiger partial charge on any atom is 0.277 e. The van der Waals surface area contributed by atoms with Crippen LogP contribution in [0.3, 0.4) is 0 Å². The number of rotatable bonds is 2. The van der Waals surface area contributed by atoms with Crippen molar-refractivity contribution in [3.63, 3.8) is 0 Å². The molecule has 0 aliphatic heterocycles. The van der Waals surface area contributed by atoms with E-state index in [1.807, 2.05) is 0 Å². The summed E-state index contributed by atoms with van der Waals surface area (Å²) in [4.78, 5) is 11.6. The van der Waals surface area contributed by atoms with Crippen molar-refractivity contribution in [1.29, 1.82) is 0 Å². The summed E-state index contributed by atoms with van der Waals surface area (Å²) in [6.45, 7) is 0. The first kappa shape index (κ1) is 11.1. The minimum Gasteiger partial charge on any atom is -0.319 e. The Hall–Kier alpha value is -1.40. The first-order valence-electron chi connectivity index (χ1n) is 4.29. The smallest absolute Gasteiger partial charge is 0.277 e. The highest BCUT2D eigenvalue weighted by atomic mass is 79.9. The minimum atomic E-state index is -0.363. The second-order valence-corrected chi connectivity index (χ2v) is 4.26. The van der Waals surface area contributed by atoms with Gasteiger partial charge in [-0.05, 0) is 18.2 Å². The fraction of sp³-hybridized carbons (Fsp3) is 0. The molecule has 0 atom stereocenters. The lowest BCUT2D eigenvalue weighted by atomic mass is 10.3. The number of carbonyl (C=O) groups excluding carboxylic acids is 1. The van der Waals surface area contributed by atoms with E-state index >= 15 is 0 Å². The Labute approximate surface area is 104 Å². The van der Waals surface area contributed by atoms with Crippen LogP contribution in [-0.2, 0) is 0 Å². The maximum absolute atomic E-state index is 11.6. The molecule has 2 rings (SSSR count). The molecule has 2 aromatic rings. The van der Waals surface area contributed by atoms with Crippen LogP contribution >= 0.6 is 27.5 Å². The van der Waals surface area contributed by atoms with Gasteiger partial charge in [0.05, 0.1) is 16.9 Å². The van der Waals surface area contributed by atoms with Crippen molar-refractivity contribution in [1.82, 2.24) is 15.4 Å². The molecule has 1 amide bonds. The summed E-state index contributed by atoms with van der Waals surface area (Å²) in [5.74, 6) is -0.363. The molecule has 0 unspecified atom stereocenters. The second-order valence-electron chi connectivity index (χ2n) is 2.93. The Kier molecular flexibility index (Phi) is 3.21. The molecule has 0 fully saturated rings. The van der Waals surface area contributed by atoms with E-state index in [1.54, 1.807) is 18.2 Å². The number of anilines is 1. The molecular formula is C9H6BrClN4O. The summed E-state index contributed by atoms with van der Waals surface area (Å²) in [5, 5.41) is 12.6. The van der Waals surface area contributed by atoms with Gasteiger partial charge in [-0.25, -0.2) is 0 Å². The number of hydrogen-bond donors (Lipinski definition) is 2. The fourth-order valence-corrected chi connectivity index (χ4v) is 1.81. The summed E-state index contributed by atoms with van der Waals surface area (Å²) in [7, 11) is 0. The van der Waals surface area contributed by atoms with Crippen LogP contribution in [0.4, 0.5) is 5.69 Å². The zero-order valence-corrected chi connectivity index (χ0v) is 10.2. The van der Waals surface area contributed by atoms with Gasteiger partial charge in [0.2, 0.25) is 0 Å². The van der Waals surface area contributed by atoms with Crippen molar-refractivity contribution in [3.8, 4) is 0 Å². The molecule has 7 heteroatoms.